The van der Waals surface area contributed by atoms with Crippen molar-refractivity contribution in [2.45, 2.75) is 13.0 Å². The number of halogens is 1. The molecule has 1 aliphatic heterocycles. The summed E-state index contributed by atoms with van der Waals surface area (Å²) in [5.74, 6) is 0.0458. The zero-order valence-electron chi connectivity index (χ0n) is 11.6. The number of benzene rings is 2. The molecule has 0 fully saturated rings. The summed E-state index contributed by atoms with van der Waals surface area (Å²) in [6.45, 7) is 1.46. The second-order valence-corrected chi connectivity index (χ2v) is 5.60. The van der Waals surface area contributed by atoms with Gasteiger partial charge in [-0.15, -0.1) is 0 Å². The third kappa shape index (κ3) is 3.34. The fourth-order valence-corrected chi connectivity index (χ4v) is 2.77. The second kappa shape index (κ2) is 6.15. The van der Waals surface area contributed by atoms with Crippen molar-refractivity contribution < 1.29 is 4.79 Å². The van der Waals surface area contributed by atoms with E-state index < -0.39 is 0 Å². The number of rotatable bonds is 2. The van der Waals surface area contributed by atoms with Crippen LogP contribution in [0.15, 0.2) is 54.6 Å². The van der Waals surface area contributed by atoms with Gasteiger partial charge in [0, 0.05) is 24.2 Å². The summed E-state index contributed by atoms with van der Waals surface area (Å²) in [4.78, 5) is 14.2. The summed E-state index contributed by atoms with van der Waals surface area (Å²) in [6.07, 6.45) is 4.36. The quantitative estimate of drug-likeness (QED) is 0.769. The Labute approximate surface area is 129 Å². The second-order valence-electron chi connectivity index (χ2n) is 5.17. The molecule has 0 saturated heterocycles. The summed E-state index contributed by atoms with van der Waals surface area (Å²) < 4.78 is 0. The van der Waals surface area contributed by atoms with Crippen molar-refractivity contribution >= 4 is 23.6 Å². The molecule has 2 aromatic carbocycles. The Hall–Kier alpha value is -2.06. The molecule has 3 rings (SSSR count). The molecule has 2 aromatic rings. The normalized spacial score (nSPS) is 14.2. The van der Waals surface area contributed by atoms with Crippen LogP contribution in [0.4, 0.5) is 0 Å². The van der Waals surface area contributed by atoms with E-state index >= 15 is 0 Å². The van der Waals surface area contributed by atoms with E-state index in [0.717, 1.165) is 18.5 Å². The van der Waals surface area contributed by atoms with Crippen LogP contribution in [-0.4, -0.2) is 17.4 Å². The Morgan fingerprint density at radius 3 is 2.71 bits per heavy atom. The zero-order chi connectivity index (χ0) is 14.7. The fourth-order valence-electron chi connectivity index (χ4n) is 2.57. The van der Waals surface area contributed by atoms with Gasteiger partial charge < -0.3 is 4.90 Å². The van der Waals surface area contributed by atoms with Crippen LogP contribution in [0.1, 0.15) is 16.7 Å². The summed E-state index contributed by atoms with van der Waals surface area (Å²) >= 11 is 5.94. The molecule has 1 amide bonds. The van der Waals surface area contributed by atoms with Crippen LogP contribution < -0.4 is 0 Å². The molecular formula is C18H16ClNO. The minimum Gasteiger partial charge on any atom is -0.334 e. The summed E-state index contributed by atoms with van der Waals surface area (Å²) in [5.41, 5.74) is 3.53. The van der Waals surface area contributed by atoms with Crippen LogP contribution in [0.5, 0.6) is 0 Å². The predicted molar refractivity (Wildman–Crippen MR) is 86.0 cm³/mol. The predicted octanol–water partition coefficient (Wildman–Crippen LogP) is 3.94. The van der Waals surface area contributed by atoms with E-state index in [1.54, 1.807) is 6.08 Å². The van der Waals surface area contributed by atoms with Crippen molar-refractivity contribution in [2.24, 2.45) is 0 Å². The minimum atomic E-state index is 0.0458. The number of amides is 1. The lowest BCUT2D eigenvalue weighted by atomic mass is 10.00. The van der Waals surface area contributed by atoms with Crippen LogP contribution >= 0.6 is 11.6 Å². The van der Waals surface area contributed by atoms with Crippen molar-refractivity contribution in [3.8, 4) is 0 Å². The highest BCUT2D eigenvalue weighted by atomic mass is 35.5. The van der Waals surface area contributed by atoms with Gasteiger partial charge in [0.25, 0.3) is 0 Å². The van der Waals surface area contributed by atoms with Crippen molar-refractivity contribution in [1.82, 2.24) is 4.90 Å². The molecule has 2 nitrogen and oxygen atoms in total. The van der Waals surface area contributed by atoms with Crippen LogP contribution in [0.25, 0.3) is 6.08 Å². The fraction of sp³-hybridized carbons (Fsp3) is 0.167. The van der Waals surface area contributed by atoms with E-state index in [2.05, 4.69) is 18.2 Å². The van der Waals surface area contributed by atoms with Crippen molar-refractivity contribution in [3.63, 3.8) is 0 Å². The molecule has 0 atom stereocenters. The summed E-state index contributed by atoms with van der Waals surface area (Å²) in [6, 6.07) is 15.8. The maximum absolute atomic E-state index is 12.3. The van der Waals surface area contributed by atoms with Crippen LogP contribution in [0.3, 0.4) is 0 Å². The molecule has 0 unspecified atom stereocenters. The summed E-state index contributed by atoms with van der Waals surface area (Å²) in [7, 11) is 0. The first kappa shape index (κ1) is 13.9. The van der Waals surface area contributed by atoms with Gasteiger partial charge in [-0.3, -0.25) is 4.79 Å². The van der Waals surface area contributed by atoms with E-state index in [-0.39, 0.29) is 5.91 Å². The topological polar surface area (TPSA) is 20.3 Å². The van der Waals surface area contributed by atoms with Crippen LogP contribution in [0.2, 0.25) is 5.02 Å². The van der Waals surface area contributed by atoms with E-state index in [0.29, 0.717) is 11.6 Å². The first-order valence-electron chi connectivity index (χ1n) is 7.02. The first-order valence-corrected chi connectivity index (χ1v) is 7.39. The van der Waals surface area contributed by atoms with Gasteiger partial charge in [0.1, 0.15) is 0 Å². The third-order valence-corrected chi connectivity index (χ3v) is 3.94. The van der Waals surface area contributed by atoms with E-state index in [9.17, 15) is 4.79 Å². The zero-order valence-corrected chi connectivity index (χ0v) is 12.4. The molecule has 21 heavy (non-hydrogen) atoms. The molecule has 0 bridgehead atoms. The van der Waals surface area contributed by atoms with E-state index in [4.69, 9.17) is 11.6 Å². The van der Waals surface area contributed by atoms with Gasteiger partial charge in [0.15, 0.2) is 0 Å². The van der Waals surface area contributed by atoms with E-state index in [1.807, 2.05) is 41.3 Å². The largest absolute Gasteiger partial charge is 0.334 e. The molecule has 1 heterocycles. The Morgan fingerprint density at radius 2 is 1.90 bits per heavy atom. The lowest BCUT2D eigenvalue weighted by Gasteiger charge is -2.27. The molecule has 1 aliphatic rings. The maximum Gasteiger partial charge on any atom is 0.246 e. The molecule has 0 N–H and O–H groups in total. The van der Waals surface area contributed by atoms with Crippen LogP contribution in [-0.2, 0) is 17.8 Å². The number of fused-ring (bicyclic) bond motifs is 1. The van der Waals surface area contributed by atoms with Crippen molar-refractivity contribution in [1.29, 1.82) is 0 Å². The highest BCUT2D eigenvalue weighted by Crippen LogP contribution is 2.19. The SMILES string of the molecule is O=C(C=Cc1cccc(Cl)c1)N1CCc2ccccc2C1. The average molecular weight is 298 g/mol. The Bertz CT molecular complexity index is 693. The van der Waals surface area contributed by atoms with Gasteiger partial charge in [0.2, 0.25) is 5.91 Å². The van der Waals surface area contributed by atoms with Gasteiger partial charge in [-0.05, 0) is 41.3 Å². The number of hydrogen-bond acceptors (Lipinski definition) is 1. The molecule has 106 valence electrons. The minimum absolute atomic E-state index is 0.0458. The molecule has 0 radical (unpaired) electrons. The monoisotopic (exact) mass is 297 g/mol. The Balaban J connectivity index is 1.69. The molecule has 3 heteroatoms. The smallest absolute Gasteiger partial charge is 0.246 e. The molecular weight excluding hydrogens is 282 g/mol. The number of hydrogen-bond donors (Lipinski definition) is 0. The number of nitrogens with zero attached hydrogens (tertiary/aromatic N) is 1. The average Bonchev–Trinajstić information content (AvgIpc) is 2.52. The standard InChI is InChI=1S/C18H16ClNO/c19-17-7-3-4-14(12-17)8-9-18(21)20-11-10-15-5-1-2-6-16(15)13-20/h1-9,12H,10-11,13H2. The maximum atomic E-state index is 12.3. The van der Waals surface area contributed by atoms with Gasteiger partial charge in [-0.1, -0.05) is 48.0 Å². The van der Waals surface area contributed by atoms with Crippen molar-refractivity contribution in [2.75, 3.05) is 6.54 Å². The third-order valence-electron chi connectivity index (χ3n) is 3.71. The molecule has 0 aromatic heterocycles. The van der Waals surface area contributed by atoms with Gasteiger partial charge in [-0.25, -0.2) is 0 Å². The highest BCUT2D eigenvalue weighted by molar-refractivity contribution is 6.30. The van der Waals surface area contributed by atoms with Gasteiger partial charge in [0.05, 0.1) is 0 Å². The number of carbonyl (C=O) groups excluding carboxylic acids is 1. The highest BCUT2D eigenvalue weighted by Gasteiger charge is 2.18. The molecule has 0 saturated carbocycles. The molecule has 0 aliphatic carbocycles. The van der Waals surface area contributed by atoms with Gasteiger partial charge in [-0.2, -0.15) is 0 Å². The molecule has 0 spiro atoms. The lowest BCUT2D eigenvalue weighted by molar-refractivity contribution is -0.126. The first-order chi connectivity index (χ1) is 10.2. The van der Waals surface area contributed by atoms with Crippen LogP contribution in [0, 0.1) is 0 Å². The summed E-state index contributed by atoms with van der Waals surface area (Å²) in [5, 5.41) is 0.677. The Morgan fingerprint density at radius 1 is 1.10 bits per heavy atom. The van der Waals surface area contributed by atoms with E-state index in [1.165, 1.54) is 11.1 Å². The van der Waals surface area contributed by atoms with Gasteiger partial charge >= 0.3 is 0 Å². The van der Waals surface area contributed by atoms with Crippen molar-refractivity contribution in [3.05, 3.63) is 76.3 Å². The Kier molecular flexibility index (Phi) is 4.07. The lowest BCUT2D eigenvalue weighted by Crippen LogP contribution is -2.34. The number of carbonyl (C=O) groups is 1.